The highest BCUT2D eigenvalue weighted by atomic mass is 32.2. The van der Waals surface area contributed by atoms with E-state index in [2.05, 4.69) is 17.0 Å². The van der Waals surface area contributed by atoms with Crippen LogP contribution in [0.2, 0.25) is 0 Å². The third-order valence-corrected chi connectivity index (χ3v) is 8.57. The number of fused-ring (bicyclic) bond motifs is 1. The second-order valence-corrected chi connectivity index (χ2v) is 11.4. The lowest BCUT2D eigenvalue weighted by Gasteiger charge is -2.33. The fraction of sp³-hybridized carbons (Fsp3) is 0.391. The highest BCUT2D eigenvalue weighted by molar-refractivity contribution is 8.01. The highest BCUT2D eigenvalue weighted by Gasteiger charge is 2.37. The number of carbonyl (C=O) groups is 2. The number of carbonyl (C=O) groups excluding carboxylic acids is 2. The Bertz CT molecular complexity index is 1120. The van der Waals surface area contributed by atoms with E-state index >= 15 is 0 Å². The van der Waals surface area contributed by atoms with Gasteiger partial charge in [-0.15, -0.1) is 11.8 Å². The van der Waals surface area contributed by atoms with Crippen molar-refractivity contribution in [2.24, 2.45) is 5.92 Å². The number of amides is 2. The van der Waals surface area contributed by atoms with Crippen molar-refractivity contribution in [2.45, 2.75) is 48.3 Å². The molecule has 2 heterocycles. The summed E-state index contributed by atoms with van der Waals surface area (Å²) < 4.78 is 28.1. The molecule has 2 aromatic carbocycles. The number of nitrogens with one attached hydrogen (secondary N) is 2. The summed E-state index contributed by atoms with van der Waals surface area (Å²) in [5.41, 5.74) is 2.37. The molecule has 9 heteroatoms. The van der Waals surface area contributed by atoms with Gasteiger partial charge >= 0.3 is 0 Å². The first kappa shape index (κ1) is 22.8. The molecule has 2 aliphatic heterocycles. The lowest BCUT2D eigenvalue weighted by atomic mass is 9.99. The minimum Gasteiger partial charge on any atom is -0.341 e. The Hall–Kier alpha value is -2.36. The molecule has 0 bridgehead atoms. The van der Waals surface area contributed by atoms with Crippen molar-refractivity contribution in [1.29, 1.82) is 0 Å². The highest BCUT2D eigenvalue weighted by Crippen LogP contribution is 2.38. The first-order valence-corrected chi connectivity index (χ1v) is 13.0. The lowest BCUT2D eigenvalue weighted by molar-refractivity contribution is -0.135. The molecule has 1 fully saturated rings. The Balaban J connectivity index is 1.46. The molecule has 2 aromatic rings. The van der Waals surface area contributed by atoms with E-state index in [1.807, 2.05) is 31.2 Å². The van der Waals surface area contributed by atoms with Crippen LogP contribution in [0.25, 0.3) is 0 Å². The fourth-order valence-corrected chi connectivity index (χ4v) is 5.88. The molecule has 0 spiro atoms. The van der Waals surface area contributed by atoms with Gasteiger partial charge in [0.15, 0.2) is 5.25 Å². The van der Waals surface area contributed by atoms with Crippen molar-refractivity contribution in [3.63, 3.8) is 0 Å². The zero-order chi connectivity index (χ0) is 22.9. The molecular weight excluding hydrogens is 446 g/mol. The predicted molar refractivity (Wildman–Crippen MR) is 125 cm³/mol. The van der Waals surface area contributed by atoms with E-state index < -0.39 is 21.2 Å². The average Bonchev–Trinajstić information content (AvgIpc) is 2.78. The number of anilines is 1. The maximum atomic E-state index is 12.9. The first-order valence-electron chi connectivity index (χ1n) is 10.7. The van der Waals surface area contributed by atoms with Gasteiger partial charge in [0.05, 0.1) is 10.6 Å². The van der Waals surface area contributed by atoms with Crippen molar-refractivity contribution < 1.29 is 18.0 Å². The minimum atomic E-state index is -3.76. The lowest BCUT2D eigenvalue weighted by Crippen LogP contribution is -2.47. The second-order valence-electron chi connectivity index (χ2n) is 8.46. The van der Waals surface area contributed by atoms with E-state index in [9.17, 15) is 18.0 Å². The largest absolute Gasteiger partial charge is 0.341 e. The summed E-state index contributed by atoms with van der Waals surface area (Å²) in [6, 6.07) is 12.2. The maximum absolute atomic E-state index is 12.9. The quantitative estimate of drug-likeness (QED) is 0.651. The number of likely N-dealkylation sites (tertiary alicyclic amines) is 1. The van der Waals surface area contributed by atoms with Crippen LogP contribution in [0.15, 0.2) is 52.3 Å². The molecule has 2 aliphatic rings. The number of benzene rings is 2. The topological polar surface area (TPSA) is 95.6 Å². The van der Waals surface area contributed by atoms with Gasteiger partial charge in [-0.1, -0.05) is 36.8 Å². The zero-order valence-electron chi connectivity index (χ0n) is 18.1. The van der Waals surface area contributed by atoms with Crippen LogP contribution in [-0.2, 0) is 26.2 Å². The van der Waals surface area contributed by atoms with Crippen molar-refractivity contribution in [2.75, 3.05) is 18.4 Å². The molecule has 4 rings (SSSR count). The summed E-state index contributed by atoms with van der Waals surface area (Å²) in [4.78, 5) is 28.1. The number of thioether (sulfide) groups is 1. The minimum absolute atomic E-state index is 0.0686. The summed E-state index contributed by atoms with van der Waals surface area (Å²) in [5.74, 6) is 0.00222. The summed E-state index contributed by atoms with van der Waals surface area (Å²) in [6.45, 7) is 5.65. The molecule has 1 atom stereocenters. The van der Waals surface area contributed by atoms with Gasteiger partial charge in [-0.3, -0.25) is 9.59 Å². The van der Waals surface area contributed by atoms with Crippen LogP contribution in [0, 0.1) is 12.8 Å². The van der Waals surface area contributed by atoms with Gasteiger partial charge in [0.2, 0.25) is 21.8 Å². The maximum Gasteiger partial charge on any atom is 0.247 e. The van der Waals surface area contributed by atoms with E-state index in [0.717, 1.165) is 24.0 Å². The van der Waals surface area contributed by atoms with E-state index in [1.54, 1.807) is 11.0 Å². The van der Waals surface area contributed by atoms with Gasteiger partial charge in [0.25, 0.3) is 0 Å². The molecule has 0 unspecified atom stereocenters. The molecule has 170 valence electrons. The van der Waals surface area contributed by atoms with Gasteiger partial charge in [0.1, 0.15) is 0 Å². The molecule has 0 saturated carbocycles. The van der Waals surface area contributed by atoms with Crippen LogP contribution >= 0.6 is 11.8 Å². The summed E-state index contributed by atoms with van der Waals surface area (Å²) >= 11 is 1.18. The standard InChI is InChI=1S/C23H27N3O4S2/c1-15-3-5-17(6-4-15)14-24-32(29,30)18-7-8-20-19(13-18)25-22(27)21(31-20)23(28)26-11-9-16(2)10-12-26/h3-8,13,16,21,24H,9-12,14H2,1-2H3,(H,25,27)/t21-/m1/s1. The SMILES string of the molecule is Cc1ccc(CNS(=O)(=O)c2ccc3c(c2)NC(=O)[C@H](C(=O)N2CCC(C)CC2)S3)cc1. The van der Waals surface area contributed by atoms with Crippen molar-refractivity contribution in [1.82, 2.24) is 9.62 Å². The Morgan fingerprint density at radius 1 is 1.16 bits per heavy atom. The first-order chi connectivity index (χ1) is 15.2. The van der Waals surface area contributed by atoms with E-state index in [0.29, 0.717) is 29.6 Å². The Labute approximate surface area is 193 Å². The molecule has 0 radical (unpaired) electrons. The molecule has 7 nitrogen and oxygen atoms in total. The number of piperidine rings is 1. The normalized spacial score (nSPS) is 19.4. The van der Waals surface area contributed by atoms with Gasteiger partial charge in [0, 0.05) is 24.5 Å². The van der Waals surface area contributed by atoms with Crippen LogP contribution in [0.3, 0.4) is 0 Å². The molecule has 2 amide bonds. The van der Waals surface area contributed by atoms with Gasteiger partial charge in [-0.05, 0) is 49.4 Å². The summed E-state index contributed by atoms with van der Waals surface area (Å²) in [5, 5.41) is 1.88. The zero-order valence-corrected chi connectivity index (χ0v) is 19.8. The molecule has 32 heavy (non-hydrogen) atoms. The van der Waals surface area contributed by atoms with Crippen LogP contribution in [0.5, 0.6) is 0 Å². The second kappa shape index (κ2) is 9.25. The Morgan fingerprint density at radius 2 is 1.84 bits per heavy atom. The monoisotopic (exact) mass is 473 g/mol. The number of sulfonamides is 1. The Morgan fingerprint density at radius 3 is 2.53 bits per heavy atom. The van der Waals surface area contributed by atoms with Crippen molar-refractivity contribution >= 4 is 39.3 Å². The predicted octanol–water partition coefficient (Wildman–Crippen LogP) is 3.14. The van der Waals surface area contributed by atoms with Crippen LogP contribution < -0.4 is 10.0 Å². The molecule has 2 N–H and O–H groups in total. The summed E-state index contributed by atoms with van der Waals surface area (Å²) in [6.07, 6.45) is 1.89. The molecule has 0 aromatic heterocycles. The van der Waals surface area contributed by atoms with Crippen molar-refractivity contribution in [3.05, 3.63) is 53.6 Å². The fourth-order valence-electron chi connectivity index (χ4n) is 3.78. The van der Waals surface area contributed by atoms with E-state index in [4.69, 9.17) is 0 Å². The van der Waals surface area contributed by atoms with Gasteiger partial charge in [-0.25, -0.2) is 13.1 Å². The van der Waals surface area contributed by atoms with Crippen LogP contribution in [0.1, 0.15) is 30.9 Å². The van der Waals surface area contributed by atoms with Crippen LogP contribution in [-0.4, -0.2) is 43.5 Å². The molecule has 0 aliphatic carbocycles. The number of hydrogen-bond acceptors (Lipinski definition) is 5. The third kappa shape index (κ3) is 5.00. The molecular formula is C23H27N3O4S2. The Kier molecular flexibility index (Phi) is 6.60. The number of aryl methyl sites for hydroxylation is 1. The smallest absolute Gasteiger partial charge is 0.247 e. The van der Waals surface area contributed by atoms with Crippen molar-refractivity contribution in [3.8, 4) is 0 Å². The average molecular weight is 474 g/mol. The third-order valence-electron chi connectivity index (χ3n) is 5.91. The number of rotatable bonds is 5. The van der Waals surface area contributed by atoms with Gasteiger partial charge < -0.3 is 10.2 Å². The van der Waals surface area contributed by atoms with E-state index in [1.165, 1.54) is 23.9 Å². The summed E-state index contributed by atoms with van der Waals surface area (Å²) in [7, 11) is -3.76. The van der Waals surface area contributed by atoms with Crippen LogP contribution in [0.4, 0.5) is 5.69 Å². The van der Waals surface area contributed by atoms with E-state index in [-0.39, 0.29) is 17.3 Å². The molecule has 1 saturated heterocycles. The number of hydrogen-bond donors (Lipinski definition) is 2. The number of nitrogens with zero attached hydrogens (tertiary/aromatic N) is 1. The van der Waals surface area contributed by atoms with Gasteiger partial charge in [-0.2, -0.15) is 0 Å².